The van der Waals surface area contributed by atoms with Crippen LogP contribution in [0.4, 0.5) is 0 Å². The van der Waals surface area contributed by atoms with Crippen LogP contribution in [0.5, 0.6) is 0 Å². The van der Waals surface area contributed by atoms with Crippen molar-refractivity contribution in [2.24, 2.45) is 5.92 Å². The van der Waals surface area contributed by atoms with E-state index in [1.54, 1.807) is 0 Å². The van der Waals surface area contributed by atoms with Gasteiger partial charge in [0.05, 0.1) is 13.2 Å². The van der Waals surface area contributed by atoms with Crippen molar-refractivity contribution in [3.05, 3.63) is 0 Å². The normalized spacial score (nSPS) is 17.4. The topological polar surface area (TPSA) is 32.8 Å². The summed E-state index contributed by atoms with van der Waals surface area (Å²) in [7, 11) is 1.92. The van der Waals surface area contributed by atoms with Crippen LogP contribution in [0.15, 0.2) is 0 Å². The van der Waals surface area contributed by atoms with Crippen molar-refractivity contribution in [3.63, 3.8) is 0 Å². The molecule has 4 heteroatoms. The smallest absolute Gasteiger partial charge is 0.225 e. The average Bonchev–Trinajstić information content (AvgIpc) is 2.38. The Labute approximate surface area is 105 Å². The van der Waals surface area contributed by atoms with Gasteiger partial charge in [-0.2, -0.15) is 0 Å². The third-order valence-electron chi connectivity index (χ3n) is 3.57. The van der Waals surface area contributed by atoms with Crippen LogP contribution in [0.25, 0.3) is 0 Å². The van der Waals surface area contributed by atoms with Crippen molar-refractivity contribution in [2.45, 2.75) is 26.7 Å². The molecule has 0 spiro atoms. The number of likely N-dealkylation sites (N-methyl/N-ethyl adjacent to an activating group) is 1. The van der Waals surface area contributed by atoms with Crippen molar-refractivity contribution in [3.8, 4) is 0 Å². The molecule has 4 nitrogen and oxygen atoms in total. The molecule has 0 N–H and O–H groups in total. The highest BCUT2D eigenvalue weighted by Crippen LogP contribution is 2.10. The maximum atomic E-state index is 12.1. The highest BCUT2D eigenvalue weighted by atomic mass is 16.5. The Balaban J connectivity index is 2.27. The fourth-order valence-electron chi connectivity index (χ4n) is 2.18. The molecular formula is C13H26N2O2. The number of nitrogens with zero attached hydrogens (tertiary/aromatic N) is 2. The molecule has 1 saturated heterocycles. The minimum Gasteiger partial charge on any atom is -0.379 e. The van der Waals surface area contributed by atoms with Crippen LogP contribution in [0.3, 0.4) is 0 Å². The summed E-state index contributed by atoms with van der Waals surface area (Å²) in [6.45, 7) is 9.60. The zero-order chi connectivity index (χ0) is 12.7. The summed E-state index contributed by atoms with van der Waals surface area (Å²) in [5.41, 5.74) is 0. The molecule has 100 valence electrons. The van der Waals surface area contributed by atoms with E-state index in [0.29, 0.717) is 5.91 Å². The van der Waals surface area contributed by atoms with Gasteiger partial charge in [-0.25, -0.2) is 0 Å². The molecule has 1 amide bonds. The van der Waals surface area contributed by atoms with Crippen LogP contribution in [0.2, 0.25) is 0 Å². The molecule has 0 unspecified atom stereocenters. The maximum absolute atomic E-state index is 12.1. The number of hydrogen-bond donors (Lipinski definition) is 0. The van der Waals surface area contributed by atoms with Gasteiger partial charge in [0.1, 0.15) is 0 Å². The van der Waals surface area contributed by atoms with Gasteiger partial charge in [0.2, 0.25) is 5.91 Å². The zero-order valence-electron chi connectivity index (χ0n) is 11.4. The number of carbonyl (C=O) groups excluding carboxylic acids is 1. The van der Waals surface area contributed by atoms with E-state index in [-0.39, 0.29) is 5.92 Å². The number of amides is 1. The Hall–Kier alpha value is -0.610. The first kappa shape index (κ1) is 14.5. The summed E-state index contributed by atoms with van der Waals surface area (Å²) < 4.78 is 5.30. The van der Waals surface area contributed by atoms with Crippen molar-refractivity contribution in [1.29, 1.82) is 0 Å². The summed E-state index contributed by atoms with van der Waals surface area (Å²) in [6.07, 6.45) is 1.88. The van der Waals surface area contributed by atoms with E-state index in [1.807, 2.05) is 11.9 Å². The van der Waals surface area contributed by atoms with Gasteiger partial charge < -0.3 is 9.64 Å². The van der Waals surface area contributed by atoms with Crippen molar-refractivity contribution in [2.75, 3.05) is 46.4 Å². The maximum Gasteiger partial charge on any atom is 0.225 e. The molecule has 17 heavy (non-hydrogen) atoms. The molecule has 1 fully saturated rings. The van der Waals surface area contributed by atoms with E-state index in [9.17, 15) is 4.79 Å². The Morgan fingerprint density at radius 3 is 2.41 bits per heavy atom. The minimum atomic E-state index is 0.199. The highest BCUT2D eigenvalue weighted by molar-refractivity contribution is 5.78. The standard InChI is InChI=1S/C13H26N2O2/c1-4-12(5-2)13(16)14(3)6-7-15-8-10-17-11-9-15/h12H,4-11H2,1-3H3. The quantitative estimate of drug-likeness (QED) is 0.702. The fourth-order valence-corrected chi connectivity index (χ4v) is 2.18. The molecule has 1 aliphatic heterocycles. The lowest BCUT2D eigenvalue weighted by molar-refractivity contribution is -0.134. The van der Waals surface area contributed by atoms with Crippen LogP contribution in [-0.4, -0.2) is 62.1 Å². The first-order chi connectivity index (χ1) is 8.19. The Bertz CT molecular complexity index is 223. The van der Waals surface area contributed by atoms with Crippen LogP contribution < -0.4 is 0 Å². The molecule has 0 saturated carbocycles. The van der Waals surface area contributed by atoms with E-state index >= 15 is 0 Å². The van der Waals surface area contributed by atoms with E-state index in [1.165, 1.54) is 0 Å². The van der Waals surface area contributed by atoms with Gasteiger partial charge >= 0.3 is 0 Å². The van der Waals surface area contributed by atoms with Crippen LogP contribution in [-0.2, 0) is 9.53 Å². The number of ether oxygens (including phenoxy) is 1. The zero-order valence-corrected chi connectivity index (χ0v) is 11.4. The van der Waals surface area contributed by atoms with Crippen LogP contribution in [0, 0.1) is 5.92 Å². The van der Waals surface area contributed by atoms with Crippen molar-refractivity contribution >= 4 is 5.91 Å². The SMILES string of the molecule is CCC(CC)C(=O)N(C)CCN1CCOCC1. The minimum absolute atomic E-state index is 0.199. The monoisotopic (exact) mass is 242 g/mol. The van der Waals surface area contributed by atoms with Crippen molar-refractivity contribution < 1.29 is 9.53 Å². The molecule has 0 aliphatic carbocycles. The van der Waals surface area contributed by atoms with E-state index in [2.05, 4.69) is 18.7 Å². The molecule has 1 heterocycles. The number of carbonyl (C=O) groups is 1. The highest BCUT2D eigenvalue weighted by Gasteiger charge is 2.19. The lowest BCUT2D eigenvalue weighted by Gasteiger charge is -2.29. The summed E-state index contributed by atoms with van der Waals surface area (Å²) in [4.78, 5) is 16.3. The first-order valence-corrected chi connectivity index (χ1v) is 6.74. The van der Waals surface area contributed by atoms with Gasteiger partial charge in [-0.1, -0.05) is 13.8 Å². The summed E-state index contributed by atoms with van der Waals surface area (Å²) in [6, 6.07) is 0. The van der Waals surface area contributed by atoms with Crippen LogP contribution >= 0.6 is 0 Å². The molecule has 0 aromatic heterocycles. The summed E-state index contributed by atoms with van der Waals surface area (Å²) in [5.74, 6) is 0.493. The van der Waals surface area contributed by atoms with Gasteiger partial charge in [-0.3, -0.25) is 9.69 Å². The average molecular weight is 242 g/mol. The number of rotatable bonds is 6. The molecule has 1 rings (SSSR count). The first-order valence-electron chi connectivity index (χ1n) is 6.74. The summed E-state index contributed by atoms with van der Waals surface area (Å²) >= 11 is 0. The van der Waals surface area contributed by atoms with E-state index in [0.717, 1.165) is 52.2 Å². The summed E-state index contributed by atoms with van der Waals surface area (Å²) in [5, 5.41) is 0. The van der Waals surface area contributed by atoms with E-state index in [4.69, 9.17) is 4.74 Å². The Morgan fingerprint density at radius 1 is 1.29 bits per heavy atom. The second-order valence-electron chi connectivity index (χ2n) is 4.73. The molecule has 1 aliphatic rings. The third kappa shape index (κ3) is 4.64. The third-order valence-corrected chi connectivity index (χ3v) is 3.57. The van der Waals surface area contributed by atoms with Gasteiger partial charge in [-0.05, 0) is 12.8 Å². The van der Waals surface area contributed by atoms with Gasteiger partial charge in [0, 0.05) is 39.1 Å². The van der Waals surface area contributed by atoms with Gasteiger partial charge in [0.25, 0.3) is 0 Å². The van der Waals surface area contributed by atoms with Crippen molar-refractivity contribution in [1.82, 2.24) is 9.80 Å². The predicted octanol–water partition coefficient (Wildman–Crippen LogP) is 1.21. The molecule has 0 radical (unpaired) electrons. The molecule has 0 aromatic carbocycles. The fraction of sp³-hybridized carbons (Fsp3) is 0.923. The Morgan fingerprint density at radius 2 is 1.88 bits per heavy atom. The van der Waals surface area contributed by atoms with Gasteiger partial charge in [0.15, 0.2) is 0 Å². The molecule has 0 aromatic rings. The molecule has 0 bridgehead atoms. The lowest BCUT2D eigenvalue weighted by Crippen LogP contribution is -2.43. The Kier molecular flexibility index (Phi) is 6.52. The van der Waals surface area contributed by atoms with E-state index < -0.39 is 0 Å². The van der Waals surface area contributed by atoms with Gasteiger partial charge in [-0.15, -0.1) is 0 Å². The van der Waals surface area contributed by atoms with Crippen LogP contribution in [0.1, 0.15) is 26.7 Å². The largest absolute Gasteiger partial charge is 0.379 e. The number of hydrogen-bond acceptors (Lipinski definition) is 3. The lowest BCUT2D eigenvalue weighted by atomic mass is 10.0. The predicted molar refractivity (Wildman–Crippen MR) is 69.0 cm³/mol. The second kappa shape index (κ2) is 7.67. The number of morpholine rings is 1. The second-order valence-corrected chi connectivity index (χ2v) is 4.73. The molecule has 0 atom stereocenters. The molecular weight excluding hydrogens is 216 g/mol.